The van der Waals surface area contributed by atoms with Gasteiger partial charge in [0.2, 0.25) is 0 Å². The van der Waals surface area contributed by atoms with Crippen LogP contribution in [0.4, 0.5) is 0 Å². The van der Waals surface area contributed by atoms with Gasteiger partial charge in [-0.3, -0.25) is 0 Å². The maximum Gasteiger partial charge on any atom is 0.00673 e. The summed E-state index contributed by atoms with van der Waals surface area (Å²) in [6.07, 6.45) is 10.1. The molecule has 1 nitrogen and oxygen atoms in total. The Hall–Kier alpha value is -0.0400. The highest BCUT2D eigenvalue weighted by atomic mass is 14.9. The van der Waals surface area contributed by atoms with Crippen LogP contribution in [0.15, 0.2) is 0 Å². The summed E-state index contributed by atoms with van der Waals surface area (Å²) in [5.74, 6) is 0. The molecule has 0 spiro atoms. The second-order valence-corrected chi connectivity index (χ2v) is 4.72. The van der Waals surface area contributed by atoms with Crippen molar-refractivity contribution in [3.8, 4) is 0 Å². The minimum absolute atomic E-state index is 0.718. The van der Waals surface area contributed by atoms with Crippen molar-refractivity contribution < 1.29 is 0 Å². The number of hydrogen-bond donors (Lipinski definition) is 1. The maximum absolute atomic E-state index is 3.71. The van der Waals surface area contributed by atoms with Crippen LogP contribution in [0.25, 0.3) is 0 Å². The van der Waals surface area contributed by atoms with Crippen molar-refractivity contribution in [2.24, 2.45) is 5.41 Å². The fraction of sp³-hybridized carbons (Fsp3) is 1.00. The summed E-state index contributed by atoms with van der Waals surface area (Å²) in [4.78, 5) is 0. The van der Waals surface area contributed by atoms with Crippen LogP contribution in [0.2, 0.25) is 0 Å². The summed E-state index contributed by atoms with van der Waals surface area (Å²) < 4.78 is 0. The van der Waals surface area contributed by atoms with Gasteiger partial charge >= 0.3 is 0 Å². The number of rotatable bonds is 4. The van der Waals surface area contributed by atoms with Gasteiger partial charge in [0, 0.05) is 12.6 Å². The van der Waals surface area contributed by atoms with E-state index in [1.54, 1.807) is 0 Å². The van der Waals surface area contributed by atoms with Crippen LogP contribution in [0.3, 0.4) is 0 Å². The lowest BCUT2D eigenvalue weighted by Gasteiger charge is -2.43. The first-order valence-corrected chi connectivity index (χ1v) is 5.58. The van der Waals surface area contributed by atoms with Gasteiger partial charge < -0.3 is 5.32 Å². The summed E-state index contributed by atoms with van der Waals surface area (Å²) in [5.41, 5.74) is 0.718. The van der Waals surface area contributed by atoms with Gasteiger partial charge in [0.15, 0.2) is 0 Å². The van der Waals surface area contributed by atoms with Crippen molar-refractivity contribution in [3.05, 3.63) is 0 Å². The fourth-order valence-corrected chi connectivity index (χ4v) is 2.31. The first-order chi connectivity index (χ1) is 5.85. The Morgan fingerprint density at radius 2 is 2.00 bits per heavy atom. The van der Waals surface area contributed by atoms with E-state index in [2.05, 4.69) is 12.2 Å². The molecular weight excluding hydrogens is 146 g/mol. The van der Waals surface area contributed by atoms with E-state index in [1.165, 1.54) is 51.5 Å². The van der Waals surface area contributed by atoms with Gasteiger partial charge in [0.25, 0.3) is 0 Å². The summed E-state index contributed by atoms with van der Waals surface area (Å²) in [5, 5.41) is 3.71. The van der Waals surface area contributed by atoms with Gasteiger partial charge in [-0.05, 0) is 37.5 Å². The van der Waals surface area contributed by atoms with Gasteiger partial charge in [-0.1, -0.05) is 19.8 Å². The fourth-order valence-electron chi connectivity index (χ4n) is 2.31. The van der Waals surface area contributed by atoms with Gasteiger partial charge in [0.05, 0.1) is 0 Å². The predicted octanol–water partition coefficient (Wildman–Crippen LogP) is 2.71. The third-order valence-corrected chi connectivity index (χ3v) is 4.04. The molecule has 12 heavy (non-hydrogen) atoms. The quantitative estimate of drug-likeness (QED) is 0.679. The summed E-state index contributed by atoms with van der Waals surface area (Å²) in [6.45, 7) is 3.65. The summed E-state index contributed by atoms with van der Waals surface area (Å²) >= 11 is 0. The van der Waals surface area contributed by atoms with Crippen LogP contribution in [0.1, 0.15) is 51.9 Å². The van der Waals surface area contributed by atoms with Gasteiger partial charge in [0.1, 0.15) is 0 Å². The van der Waals surface area contributed by atoms with E-state index in [0.717, 1.165) is 11.5 Å². The molecule has 2 rings (SSSR count). The van der Waals surface area contributed by atoms with E-state index < -0.39 is 0 Å². The molecule has 0 aromatic rings. The molecule has 1 N–H and O–H groups in total. The second kappa shape index (κ2) is 3.37. The molecule has 0 unspecified atom stereocenters. The Bertz CT molecular complexity index is 140. The molecule has 0 atom stereocenters. The van der Waals surface area contributed by atoms with Crippen LogP contribution < -0.4 is 5.32 Å². The Morgan fingerprint density at radius 1 is 1.25 bits per heavy atom. The highest BCUT2D eigenvalue weighted by Gasteiger charge is 2.35. The van der Waals surface area contributed by atoms with Crippen LogP contribution in [0, 0.1) is 5.41 Å². The normalized spacial score (nSPS) is 27.8. The Labute approximate surface area is 75.9 Å². The smallest absolute Gasteiger partial charge is 0.00673 e. The largest absolute Gasteiger partial charge is 0.313 e. The predicted molar refractivity (Wildman–Crippen MR) is 52.2 cm³/mol. The lowest BCUT2D eigenvalue weighted by atomic mass is 9.67. The lowest BCUT2D eigenvalue weighted by Crippen LogP contribution is -2.45. The third-order valence-electron chi connectivity index (χ3n) is 4.04. The zero-order chi connectivity index (χ0) is 8.44. The first kappa shape index (κ1) is 8.55. The number of hydrogen-bond acceptors (Lipinski definition) is 1. The van der Waals surface area contributed by atoms with Crippen LogP contribution in [0.5, 0.6) is 0 Å². The second-order valence-electron chi connectivity index (χ2n) is 4.72. The molecule has 2 saturated carbocycles. The third kappa shape index (κ3) is 1.52. The maximum atomic E-state index is 3.71. The van der Waals surface area contributed by atoms with Crippen LogP contribution in [-0.4, -0.2) is 12.6 Å². The van der Waals surface area contributed by atoms with E-state index in [-0.39, 0.29) is 0 Å². The Balaban J connectivity index is 1.69. The average Bonchev–Trinajstić information content (AvgIpc) is 1.91. The number of nitrogens with one attached hydrogen (secondary N) is 1. The van der Waals surface area contributed by atoms with Crippen molar-refractivity contribution in [3.63, 3.8) is 0 Å². The topological polar surface area (TPSA) is 12.0 Å². The minimum atomic E-state index is 0.718. The zero-order valence-corrected chi connectivity index (χ0v) is 8.23. The lowest BCUT2D eigenvalue weighted by molar-refractivity contribution is 0.112. The Morgan fingerprint density at radius 3 is 2.33 bits per heavy atom. The SMILES string of the molecule is CCC1(CNC2CCC2)CCC1. The molecule has 0 aromatic carbocycles. The van der Waals surface area contributed by atoms with Crippen molar-refractivity contribution in [2.75, 3.05) is 6.54 Å². The monoisotopic (exact) mass is 167 g/mol. The van der Waals surface area contributed by atoms with Gasteiger partial charge in [-0.15, -0.1) is 0 Å². The molecule has 2 fully saturated rings. The van der Waals surface area contributed by atoms with Crippen LogP contribution >= 0.6 is 0 Å². The van der Waals surface area contributed by atoms with Gasteiger partial charge in [-0.2, -0.15) is 0 Å². The van der Waals surface area contributed by atoms with Crippen molar-refractivity contribution in [2.45, 2.75) is 57.9 Å². The zero-order valence-electron chi connectivity index (χ0n) is 8.23. The summed E-state index contributed by atoms with van der Waals surface area (Å²) in [6, 6.07) is 0.883. The van der Waals surface area contributed by atoms with E-state index in [4.69, 9.17) is 0 Å². The molecule has 0 aliphatic heterocycles. The van der Waals surface area contributed by atoms with Gasteiger partial charge in [-0.25, -0.2) is 0 Å². The molecule has 0 amide bonds. The molecule has 0 bridgehead atoms. The van der Waals surface area contributed by atoms with Crippen molar-refractivity contribution in [1.29, 1.82) is 0 Å². The highest BCUT2D eigenvalue weighted by Crippen LogP contribution is 2.43. The first-order valence-electron chi connectivity index (χ1n) is 5.58. The molecule has 0 radical (unpaired) electrons. The van der Waals surface area contributed by atoms with Crippen LogP contribution in [-0.2, 0) is 0 Å². The minimum Gasteiger partial charge on any atom is -0.313 e. The molecule has 2 aliphatic carbocycles. The van der Waals surface area contributed by atoms with E-state index >= 15 is 0 Å². The molecule has 1 heteroatoms. The molecule has 0 aromatic heterocycles. The van der Waals surface area contributed by atoms with E-state index in [0.29, 0.717) is 0 Å². The molecule has 2 aliphatic rings. The Kier molecular flexibility index (Phi) is 2.40. The average molecular weight is 167 g/mol. The molecular formula is C11H21N. The van der Waals surface area contributed by atoms with Crippen molar-refractivity contribution >= 4 is 0 Å². The molecule has 0 saturated heterocycles. The van der Waals surface area contributed by atoms with E-state index in [9.17, 15) is 0 Å². The molecule has 0 heterocycles. The standard InChI is InChI=1S/C11H21N/c1-2-11(7-4-8-11)9-12-10-5-3-6-10/h10,12H,2-9H2,1H3. The van der Waals surface area contributed by atoms with E-state index in [1.807, 2.05) is 0 Å². The summed E-state index contributed by atoms with van der Waals surface area (Å²) in [7, 11) is 0. The van der Waals surface area contributed by atoms with Crippen molar-refractivity contribution in [1.82, 2.24) is 5.32 Å². The highest BCUT2D eigenvalue weighted by molar-refractivity contribution is 4.90. The molecule has 70 valence electrons.